The third-order valence-electron chi connectivity index (χ3n) is 6.91. The molecule has 4 rings (SSSR count). The second-order valence-electron chi connectivity index (χ2n) is 10.0. The van der Waals surface area contributed by atoms with Crippen LogP contribution in [0.2, 0.25) is 0 Å². The maximum atomic E-state index is 13.7. The lowest BCUT2D eigenvalue weighted by molar-refractivity contribution is -0.137. The number of nitrogens with one attached hydrogen (secondary N) is 2. The highest BCUT2D eigenvalue weighted by molar-refractivity contribution is 5.80. The second-order valence-corrected chi connectivity index (χ2v) is 10.0. The second kappa shape index (κ2) is 11.3. The summed E-state index contributed by atoms with van der Waals surface area (Å²) in [5, 5.41) is 7.02. The quantitative estimate of drug-likeness (QED) is 0.381. The van der Waals surface area contributed by atoms with Gasteiger partial charge in [-0.05, 0) is 82.4 Å². The van der Waals surface area contributed by atoms with Crippen LogP contribution in [0.3, 0.4) is 0 Å². The first-order valence-electron chi connectivity index (χ1n) is 12.9. The summed E-state index contributed by atoms with van der Waals surface area (Å²) >= 11 is 0. The molecule has 0 bridgehead atoms. The molecule has 1 aliphatic heterocycles. The number of likely N-dealkylation sites (N-methyl/N-ethyl adjacent to an activating group) is 1. The number of fused-ring (bicyclic) bond motifs is 1. The molecule has 0 radical (unpaired) electrons. The maximum Gasteiger partial charge on any atom is 0.237 e. The molecule has 1 amide bonds. The number of hydrogen-bond donors (Lipinski definition) is 3. The molecule has 2 heterocycles. The lowest BCUT2D eigenvalue weighted by Crippen LogP contribution is -2.53. The molecule has 8 nitrogen and oxygen atoms in total. The highest BCUT2D eigenvalue weighted by Gasteiger charge is 2.41. The number of carbonyl (C=O) groups excluding carboxylic acids is 1. The van der Waals surface area contributed by atoms with E-state index in [1.54, 1.807) is 17.0 Å². The van der Waals surface area contributed by atoms with Gasteiger partial charge in [0.25, 0.3) is 0 Å². The molecule has 1 aromatic heterocycles. The first-order chi connectivity index (χ1) is 17.7. The van der Waals surface area contributed by atoms with Crippen molar-refractivity contribution < 1.29 is 9.18 Å². The van der Waals surface area contributed by atoms with Crippen LogP contribution in [0.5, 0.6) is 0 Å². The average Bonchev–Trinajstić information content (AvgIpc) is 3.25. The van der Waals surface area contributed by atoms with Crippen LogP contribution < -0.4 is 16.4 Å². The summed E-state index contributed by atoms with van der Waals surface area (Å²) in [6.45, 7) is 10.2. The number of aromatic nitrogens is 2. The zero-order valence-electron chi connectivity index (χ0n) is 22.2. The monoisotopic (exact) mass is 507 g/mol. The van der Waals surface area contributed by atoms with Gasteiger partial charge < -0.3 is 30.7 Å². The van der Waals surface area contributed by atoms with E-state index in [1.165, 1.54) is 12.1 Å². The first-order valence-corrected chi connectivity index (χ1v) is 12.9. The fourth-order valence-electron chi connectivity index (χ4n) is 4.91. The van der Waals surface area contributed by atoms with Crippen molar-refractivity contribution in [2.75, 3.05) is 50.4 Å². The largest absolute Gasteiger partial charge is 0.384 e. The van der Waals surface area contributed by atoms with Gasteiger partial charge in [-0.3, -0.25) is 4.79 Å². The van der Waals surface area contributed by atoms with Crippen molar-refractivity contribution in [2.45, 2.75) is 39.3 Å². The van der Waals surface area contributed by atoms with Crippen LogP contribution in [0.15, 0.2) is 48.5 Å². The standard InChI is InChI=1S/C28H38FN7O/c1-5-15-34(4)16-14-31-22-10-12-23(13-11-22)32-26-25(20-6-8-21(29)9-7-20)33-27-28(2,3)36(24(37)19-30)18-17-35(26)27/h6-13,31-32H,5,14-19,30H2,1-4H3. The summed E-state index contributed by atoms with van der Waals surface area (Å²) in [7, 11) is 2.13. The highest BCUT2D eigenvalue weighted by atomic mass is 19.1. The van der Waals surface area contributed by atoms with Crippen LogP contribution in [0.4, 0.5) is 21.6 Å². The number of halogens is 1. The molecule has 9 heteroatoms. The Kier molecular flexibility index (Phi) is 8.14. The van der Waals surface area contributed by atoms with Crippen molar-refractivity contribution in [3.05, 3.63) is 60.2 Å². The van der Waals surface area contributed by atoms with Crippen molar-refractivity contribution in [3.8, 4) is 11.3 Å². The van der Waals surface area contributed by atoms with E-state index in [0.29, 0.717) is 18.8 Å². The molecule has 4 N–H and O–H groups in total. The molecule has 3 aromatic rings. The van der Waals surface area contributed by atoms with Gasteiger partial charge in [0.2, 0.25) is 5.91 Å². The molecular formula is C28H38FN7O. The fraction of sp³-hybridized carbons (Fsp3) is 0.429. The van der Waals surface area contributed by atoms with Gasteiger partial charge in [0.1, 0.15) is 23.2 Å². The SMILES string of the molecule is CCCN(C)CCNc1ccc(Nc2c(-c3ccc(F)cc3)nc3n2CCN(C(=O)CN)C3(C)C)cc1. The van der Waals surface area contributed by atoms with E-state index in [9.17, 15) is 9.18 Å². The molecule has 37 heavy (non-hydrogen) atoms. The Hall–Kier alpha value is -3.43. The number of nitrogens with zero attached hydrogens (tertiary/aromatic N) is 4. The third-order valence-corrected chi connectivity index (χ3v) is 6.91. The smallest absolute Gasteiger partial charge is 0.237 e. The number of nitrogens with two attached hydrogens (primary N) is 1. The van der Waals surface area contributed by atoms with E-state index in [-0.39, 0.29) is 18.3 Å². The minimum atomic E-state index is -0.651. The number of carbonyl (C=O) groups is 1. The Labute approximate surface area is 218 Å². The van der Waals surface area contributed by atoms with Crippen LogP contribution in [-0.4, -0.2) is 65.0 Å². The van der Waals surface area contributed by atoms with Gasteiger partial charge in [-0.25, -0.2) is 9.37 Å². The Morgan fingerprint density at radius 2 is 1.76 bits per heavy atom. The average molecular weight is 508 g/mol. The summed E-state index contributed by atoms with van der Waals surface area (Å²) in [5.41, 5.74) is 8.52. The van der Waals surface area contributed by atoms with Crippen molar-refractivity contribution in [3.63, 3.8) is 0 Å². The molecule has 0 aliphatic carbocycles. The number of imidazole rings is 1. The fourth-order valence-corrected chi connectivity index (χ4v) is 4.91. The van der Waals surface area contributed by atoms with E-state index in [0.717, 1.165) is 54.6 Å². The summed E-state index contributed by atoms with van der Waals surface area (Å²) in [6, 6.07) is 14.5. The lowest BCUT2D eigenvalue weighted by Gasteiger charge is -2.42. The van der Waals surface area contributed by atoms with Gasteiger partial charge >= 0.3 is 0 Å². The molecule has 0 spiro atoms. The van der Waals surface area contributed by atoms with Gasteiger partial charge in [-0.1, -0.05) is 6.92 Å². The van der Waals surface area contributed by atoms with E-state index in [1.807, 2.05) is 26.0 Å². The zero-order chi connectivity index (χ0) is 26.6. The molecule has 0 unspecified atom stereocenters. The summed E-state index contributed by atoms with van der Waals surface area (Å²) < 4.78 is 15.8. The topological polar surface area (TPSA) is 91.5 Å². The van der Waals surface area contributed by atoms with Gasteiger partial charge in [-0.2, -0.15) is 0 Å². The van der Waals surface area contributed by atoms with E-state index < -0.39 is 5.54 Å². The van der Waals surface area contributed by atoms with Crippen LogP contribution >= 0.6 is 0 Å². The van der Waals surface area contributed by atoms with Crippen LogP contribution in [0, 0.1) is 5.82 Å². The molecule has 0 atom stereocenters. The van der Waals surface area contributed by atoms with Gasteiger partial charge in [0.15, 0.2) is 0 Å². The number of benzene rings is 2. The molecule has 0 saturated carbocycles. The minimum Gasteiger partial charge on any atom is -0.384 e. The van der Waals surface area contributed by atoms with Crippen molar-refractivity contribution >= 4 is 23.1 Å². The molecule has 198 valence electrons. The Morgan fingerprint density at radius 3 is 2.41 bits per heavy atom. The first kappa shape index (κ1) is 26.6. The maximum absolute atomic E-state index is 13.7. The predicted molar refractivity (Wildman–Crippen MR) is 147 cm³/mol. The van der Waals surface area contributed by atoms with Crippen molar-refractivity contribution in [2.24, 2.45) is 5.73 Å². The molecule has 0 fully saturated rings. The van der Waals surface area contributed by atoms with Crippen LogP contribution in [0.1, 0.15) is 33.0 Å². The Balaban J connectivity index is 1.62. The third kappa shape index (κ3) is 5.78. The van der Waals surface area contributed by atoms with Gasteiger partial charge in [-0.15, -0.1) is 0 Å². The van der Waals surface area contributed by atoms with Gasteiger partial charge in [0, 0.05) is 43.1 Å². The number of rotatable bonds is 10. The summed E-state index contributed by atoms with van der Waals surface area (Å²) in [4.78, 5) is 21.6. The number of hydrogen-bond acceptors (Lipinski definition) is 6. The predicted octanol–water partition coefficient (Wildman–Crippen LogP) is 4.22. The Morgan fingerprint density at radius 1 is 1.08 bits per heavy atom. The van der Waals surface area contributed by atoms with E-state index >= 15 is 0 Å². The molecular weight excluding hydrogens is 469 g/mol. The van der Waals surface area contributed by atoms with Crippen molar-refractivity contribution in [1.29, 1.82) is 0 Å². The number of anilines is 3. The summed E-state index contributed by atoms with van der Waals surface area (Å²) in [6.07, 6.45) is 1.15. The minimum absolute atomic E-state index is 0.0463. The Bertz CT molecular complexity index is 1200. The van der Waals surface area contributed by atoms with Gasteiger partial charge in [0.05, 0.1) is 12.1 Å². The van der Waals surface area contributed by atoms with E-state index in [4.69, 9.17) is 10.7 Å². The van der Waals surface area contributed by atoms with Crippen molar-refractivity contribution in [1.82, 2.24) is 19.4 Å². The highest BCUT2D eigenvalue weighted by Crippen LogP contribution is 2.39. The lowest BCUT2D eigenvalue weighted by atomic mass is 9.99. The van der Waals surface area contributed by atoms with Crippen LogP contribution in [-0.2, 0) is 16.9 Å². The van der Waals surface area contributed by atoms with E-state index in [2.05, 4.69) is 46.2 Å². The zero-order valence-corrected chi connectivity index (χ0v) is 22.2. The number of amides is 1. The van der Waals surface area contributed by atoms with Crippen LogP contribution in [0.25, 0.3) is 11.3 Å². The normalized spacial score (nSPS) is 14.5. The summed E-state index contributed by atoms with van der Waals surface area (Å²) in [5.74, 6) is 1.17. The molecule has 2 aromatic carbocycles. The molecule has 1 aliphatic rings. The molecule has 0 saturated heterocycles.